The maximum absolute atomic E-state index is 11.8. The van der Waals surface area contributed by atoms with Gasteiger partial charge in [-0.2, -0.15) is 0 Å². The van der Waals surface area contributed by atoms with E-state index in [1.807, 2.05) is 18.2 Å². The SMILES string of the molecule is CC(C)(C)CC(NCC(C)(C)S(C)(=O)=O)c1ccccc1. The molecule has 21 heavy (non-hydrogen) atoms. The molecule has 0 spiro atoms. The van der Waals surface area contributed by atoms with Crippen molar-refractivity contribution < 1.29 is 8.42 Å². The Morgan fingerprint density at radius 3 is 2.00 bits per heavy atom. The molecule has 1 N–H and O–H groups in total. The van der Waals surface area contributed by atoms with Crippen LogP contribution in [0.3, 0.4) is 0 Å². The minimum atomic E-state index is -3.09. The molecule has 0 heterocycles. The number of sulfone groups is 1. The first kappa shape index (κ1) is 18.2. The van der Waals surface area contributed by atoms with Crippen LogP contribution in [-0.2, 0) is 9.84 Å². The first-order valence-electron chi connectivity index (χ1n) is 7.40. The molecule has 1 atom stereocenters. The van der Waals surface area contributed by atoms with Gasteiger partial charge in [-0.3, -0.25) is 0 Å². The zero-order valence-corrected chi connectivity index (χ0v) is 14.9. The fourth-order valence-corrected chi connectivity index (χ4v) is 2.45. The van der Waals surface area contributed by atoms with Crippen molar-refractivity contribution >= 4 is 9.84 Å². The first-order chi connectivity index (χ1) is 9.42. The molecular formula is C17H29NO2S. The minimum Gasteiger partial charge on any atom is -0.308 e. The number of hydrogen-bond donors (Lipinski definition) is 1. The van der Waals surface area contributed by atoms with Crippen LogP contribution in [0.2, 0.25) is 0 Å². The molecule has 1 aromatic rings. The van der Waals surface area contributed by atoms with E-state index >= 15 is 0 Å². The van der Waals surface area contributed by atoms with E-state index in [0.717, 1.165) is 6.42 Å². The van der Waals surface area contributed by atoms with Crippen molar-refractivity contribution in [3.05, 3.63) is 35.9 Å². The Kier molecular flexibility index (Phi) is 5.62. The zero-order chi connectivity index (χ0) is 16.3. The molecule has 0 aromatic heterocycles. The predicted molar refractivity (Wildman–Crippen MR) is 90.2 cm³/mol. The predicted octanol–water partition coefficient (Wildman–Crippen LogP) is 3.58. The second kappa shape index (κ2) is 6.49. The average molecular weight is 311 g/mol. The van der Waals surface area contributed by atoms with Crippen molar-refractivity contribution in [2.75, 3.05) is 12.8 Å². The fraction of sp³-hybridized carbons (Fsp3) is 0.647. The van der Waals surface area contributed by atoms with E-state index in [1.165, 1.54) is 11.8 Å². The molecule has 1 aromatic carbocycles. The van der Waals surface area contributed by atoms with Crippen molar-refractivity contribution in [1.29, 1.82) is 0 Å². The topological polar surface area (TPSA) is 46.2 Å². The number of rotatable bonds is 6. The molecule has 0 aliphatic heterocycles. The fourth-order valence-electron chi connectivity index (χ4n) is 2.11. The zero-order valence-electron chi connectivity index (χ0n) is 14.1. The van der Waals surface area contributed by atoms with Gasteiger partial charge in [-0.25, -0.2) is 8.42 Å². The highest BCUT2D eigenvalue weighted by molar-refractivity contribution is 7.92. The summed E-state index contributed by atoms with van der Waals surface area (Å²) in [6.07, 6.45) is 2.26. The van der Waals surface area contributed by atoms with Crippen LogP contribution in [0, 0.1) is 5.41 Å². The van der Waals surface area contributed by atoms with Crippen LogP contribution in [0.5, 0.6) is 0 Å². The molecular weight excluding hydrogens is 282 g/mol. The summed E-state index contributed by atoms with van der Waals surface area (Å²) in [6.45, 7) is 10.6. The van der Waals surface area contributed by atoms with E-state index in [2.05, 4.69) is 38.2 Å². The third kappa shape index (κ3) is 5.79. The summed E-state index contributed by atoms with van der Waals surface area (Å²) >= 11 is 0. The molecule has 4 heteroatoms. The highest BCUT2D eigenvalue weighted by Crippen LogP contribution is 2.30. The van der Waals surface area contributed by atoms with E-state index in [0.29, 0.717) is 6.54 Å². The Hall–Kier alpha value is -0.870. The first-order valence-corrected chi connectivity index (χ1v) is 9.29. The average Bonchev–Trinajstić information content (AvgIpc) is 2.33. The normalized spacial score (nSPS) is 15.0. The summed E-state index contributed by atoms with van der Waals surface area (Å²) in [5, 5.41) is 3.46. The van der Waals surface area contributed by atoms with Crippen LogP contribution in [0.15, 0.2) is 30.3 Å². The molecule has 1 unspecified atom stereocenters. The van der Waals surface area contributed by atoms with Crippen LogP contribution in [0.25, 0.3) is 0 Å². The molecule has 0 amide bonds. The van der Waals surface area contributed by atoms with Crippen molar-refractivity contribution in [3.63, 3.8) is 0 Å². The summed E-state index contributed by atoms with van der Waals surface area (Å²) < 4.78 is 22.9. The Morgan fingerprint density at radius 1 is 1.05 bits per heavy atom. The van der Waals surface area contributed by atoms with Gasteiger partial charge < -0.3 is 5.32 Å². The molecule has 0 aliphatic carbocycles. The Labute approximate surface area is 130 Å². The summed E-state index contributed by atoms with van der Waals surface area (Å²) in [7, 11) is -3.09. The highest BCUT2D eigenvalue weighted by Gasteiger charge is 2.31. The molecule has 3 nitrogen and oxygen atoms in total. The van der Waals surface area contributed by atoms with Crippen molar-refractivity contribution in [3.8, 4) is 0 Å². The van der Waals surface area contributed by atoms with Crippen molar-refractivity contribution in [2.45, 2.75) is 51.8 Å². The van der Waals surface area contributed by atoms with Crippen LogP contribution in [0.4, 0.5) is 0 Å². The minimum absolute atomic E-state index is 0.159. The van der Waals surface area contributed by atoms with Gasteiger partial charge in [-0.1, -0.05) is 51.1 Å². The second-order valence-electron chi connectivity index (χ2n) is 7.64. The molecule has 0 radical (unpaired) electrons. The molecule has 120 valence electrons. The molecule has 0 bridgehead atoms. The van der Waals surface area contributed by atoms with Crippen LogP contribution in [0.1, 0.15) is 52.6 Å². The summed E-state index contributed by atoms with van der Waals surface area (Å²) in [4.78, 5) is 0. The van der Waals surface area contributed by atoms with Gasteiger partial charge in [0, 0.05) is 18.8 Å². The number of nitrogens with one attached hydrogen (secondary N) is 1. The van der Waals surface area contributed by atoms with Crippen molar-refractivity contribution in [2.24, 2.45) is 5.41 Å². The molecule has 0 saturated heterocycles. The third-order valence-electron chi connectivity index (χ3n) is 3.80. The standard InChI is InChI=1S/C17H29NO2S/c1-16(2,3)12-15(14-10-8-7-9-11-14)18-13-17(4,5)21(6,19)20/h7-11,15,18H,12-13H2,1-6H3. The van der Waals surface area contributed by atoms with E-state index < -0.39 is 14.6 Å². The maximum Gasteiger partial charge on any atom is 0.153 e. The maximum atomic E-state index is 11.8. The summed E-state index contributed by atoms with van der Waals surface area (Å²) in [6, 6.07) is 10.4. The summed E-state index contributed by atoms with van der Waals surface area (Å²) in [5.41, 5.74) is 1.37. The second-order valence-corrected chi connectivity index (χ2v) is 10.3. The molecule has 0 aliphatic rings. The van der Waals surface area contributed by atoms with E-state index in [1.54, 1.807) is 13.8 Å². The monoisotopic (exact) mass is 311 g/mol. The van der Waals surface area contributed by atoms with Gasteiger partial charge in [0.05, 0.1) is 4.75 Å². The van der Waals surface area contributed by atoms with Gasteiger partial charge in [0.1, 0.15) is 0 Å². The molecule has 0 fully saturated rings. The van der Waals surface area contributed by atoms with Gasteiger partial charge in [-0.05, 0) is 31.2 Å². The van der Waals surface area contributed by atoms with E-state index in [4.69, 9.17) is 0 Å². The molecule has 1 rings (SSSR count). The van der Waals surface area contributed by atoms with Crippen LogP contribution in [-0.4, -0.2) is 26.0 Å². The number of hydrogen-bond acceptors (Lipinski definition) is 3. The molecule has 0 saturated carbocycles. The third-order valence-corrected chi connectivity index (χ3v) is 5.95. The lowest BCUT2D eigenvalue weighted by Crippen LogP contribution is -2.43. The van der Waals surface area contributed by atoms with E-state index in [-0.39, 0.29) is 11.5 Å². The van der Waals surface area contributed by atoms with E-state index in [9.17, 15) is 8.42 Å². The lowest BCUT2D eigenvalue weighted by atomic mass is 9.85. The van der Waals surface area contributed by atoms with Gasteiger partial charge in [0.25, 0.3) is 0 Å². The Morgan fingerprint density at radius 2 is 1.57 bits per heavy atom. The lowest BCUT2D eigenvalue weighted by Gasteiger charge is -2.31. The van der Waals surface area contributed by atoms with Crippen LogP contribution >= 0.6 is 0 Å². The number of benzene rings is 1. The largest absolute Gasteiger partial charge is 0.308 e. The quantitative estimate of drug-likeness (QED) is 0.873. The van der Waals surface area contributed by atoms with Crippen LogP contribution < -0.4 is 5.32 Å². The lowest BCUT2D eigenvalue weighted by molar-refractivity contribution is 0.306. The van der Waals surface area contributed by atoms with Gasteiger partial charge >= 0.3 is 0 Å². The van der Waals surface area contributed by atoms with Gasteiger partial charge in [0.15, 0.2) is 9.84 Å². The smallest absolute Gasteiger partial charge is 0.153 e. The highest BCUT2D eigenvalue weighted by atomic mass is 32.2. The Balaban J connectivity index is 2.90. The Bertz CT molecular complexity index is 542. The summed E-state index contributed by atoms with van der Waals surface area (Å²) in [5.74, 6) is 0. The van der Waals surface area contributed by atoms with Crippen molar-refractivity contribution in [1.82, 2.24) is 5.32 Å². The van der Waals surface area contributed by atoms with Gasteiger partial charge in [0.2, 0.25) is 0 Å². The van der Waals surface area contributed by atoms with Gasteiger partial charge in [-0.15, -0.1) is 0 Å².